The van der Waals surface area contributed by atoms with Crippen LogP contribution in [0.2, 0.25) is 0 Å². The lowest BCUT2D eigenvalue weighted by molar-refractivity contribution is 0.488. The van der Waals surface area contributed by atoms with Crippen molar-refractivity contribution in [2.75, 3.05) is 18.9 Å². The van der Waals surface area contributed by atoms with E-state index in [1.807, 2.05) is 18.4 Å². The van der Waals surface area contributed by atoms with Crippen molar-refractivity contribution >= 4 is 16.3 Å². The first-order valence-corrected chi connectivity index (χ1v) is 9.60. The summed E-state index contributed by atoms with van der Waals surface area (Å²) in [6, 6.07) is 13.7. The summed E-state index contributed by atoms with van der Waals surface area (Å²) in [6.07, 6.45) is 3.83. The molecule has 2 nitrogen and oxygen atoms in total. The van der Waals surface area contributed by atoms with Crippen LogP contribution in [-0.4, -0.2) is 13.6 Å². The highest BCUT2D eigenvalue weighted by Gasteiger charge is 2.08. The molecule has 2 rings (SSSR count). The van der Waals surface area contributed by atoms with Crippen molar-refractivity contribution in [3.05, 3.63) is 42.0 Å². The number of rotatable bonds is 9. The predicted molar refractivity (Wildman–Crippen MR) is 104 cm³/mol. The maximum atomic E-state index is 3.63. The van der Waals surface area contributed by atoms with E-state index in [9.17, 15) is 0 Å². The van der Waals surface area contributed by atoms with Gasteiger partial charge >= 0.3 is 0 Å². The molecule has 2 atom stereocenters. The monoisotopic (exact) mass is 330 g/mol. The Bertz CT molecular complexity index is 591. The number of thiophene rings is 1. The maximum absolute atomic E-state index is 3.63. The number of hydrogen-bond donors (Lipinski definition) is 2. The average Bonchev–Trinajstić information content (AvgIpc) is 3.07. The Morgan fingerprint density at radius 3 is 2.65 bits per heavy atom. The molecule has 0 aliphatic rings. The second kappa shape index (κ2) is 9.09. The lowest BCUT2D eigenvalue weighted by Gasteiger charge is -2.14. The summed E-state index contributed by atoms with van der Waals surface area (Å²) >= 11 is 1.85. The van der Waals surface area contributed by atoms with Gasteiger partial charge in [-0.3, -0.25) is 0 Å². The fourth-order valence-corrected chi connectivity index (χ4v) is 3.73. The fraction of sp³-hybridized carbons (Fsp3) is 0.500. The molecule has 1 aromatic carbocycles. The minimum absolute atomic E-state index is 0.381. The summed E-state index contributed by atoms with van der Waals surface area (Å²) in [5.41, 5.74) is 2.64. The highest BCUT2D eigenvalue weighted by atomic mass is 32.1. The zero-order valence-corrected chi connectivity index (χ0v) is 15.7. The first-order chi connectivity index (χ1) is 11.2. The zero-order valence-electron chi connectivity index (χ0n) is 14.9. The van der Waals surface area contributed by atoms with Crippen molar-refractivity contribution in [1.82, 2.24) is 5.32 Å². The molecule has 2 unspecified atom stereocenters. The van der Waals surface area contributed by atoms with Crippen LogP contribution in [0, 0.1) is 5.92 Å². The molecule has 0 aliphatic heterocycles. The molecule has 0 bridgehead atoms. The molecule has 0 aliphatic carbocycles. The van der Waals surface area contributed by atoms with Gasteiger partial charge in [0.2, 0.25) is 0 Å². The van der Waals surface area contributed by atoms with E-state index in [-0.39, 0.29) is 0 Å². The normalized spacial score (nSPS) is 13.7. The lowest BCUT2D eigenvalue weighted by atomic mass is 10.0. The van der Waals surface area contributed by atoms with Gasteiger partial charge in [-0.1, -0.05) is 44.9 Å². The van der Waals surface area contributed by atoms with Gasteiger partial charge < -0.3 is 10.6 Å². The number of anilines is 1. The quantitative estimate of drug-likeness (QED) is 0.595. The predicted octanol–water partition coefficient (Wildman–Crippen LogP) is 5.93. The SMILES string of the molecule is CCCC(CC)CNc1ccc(-c2cccc(C(C)NC)c2)s1. The molecule has 2 N–H and O–H groups in total. The molecule has 1 heterocycles. The van der Waals surface area contributed by atoms with Gasteiger partial charge in [-0.15, -0.1) is 11.3 Å². The number of nitrogens with one attached hydrogen (secondary N) is 2. The van der Waals surface area contributed by atoms with Crippen LogP contribution in [0.3, 0.4) is 0 Å². The maximum Gasteiger partial charge on any atom is 0.0889 e. The van der Waals surface area contributed by atoms with Crippen molar-refractivity contribution in [3.8, 4) is 10.4 Å². The second-order valence-corrected chi connectivity index (χ2v) is 7.33. The molecule has 0 amide bonds. The van der Waals surface area contributed by atoms with Crippen LogP contribution in [0.5, 0.6) is 0 Å². The largest absolute Gasteiger partial charge is 0.377 e. The lowest BCUT2D eigenvalue weighted by Crippen LogP contribution is -2.12. The van der Waals surface area contributed by atoms with Gasteiger partial charge in [0.25, 0.3) is 0 Å². The van der Waals surface area contributed by atoms with Gasteiger partial charge in [-0.2, -0.15) is 0 Å². The second-order valence-electron chi connectivity index (χ2n) is 6.24. The third-order valence-corrected chi connectivity index (χ3v) is 5.64. The van der Waals surface area contributed by atoms with Crippen LogP contribution in [-0.2, 0) is 0 Å². The first-order valence-electron chi connectivity index (χ1n) is 8.79. The Hall–Kier alpha value is -1.32. The van der Waals surface area contributed by atoms with Gasteiger partial charge in [0, 0.05) is 17.5 Å². The molecule has 0 fully saturated rings. The molecule has 0 saturated heterocycles. The minimum Gasteiger partial charge on any atom is -0.377 e. The van der Waals surface area contributed by atoms with Gasteiger partial charge in [0.05, 0.1) is 5.00 Å². The van der Waals surface area contributed by atoms with E-state index in [1.54, 1.807) is 0 Å². The van der Waals surface area contributed by atoms with Crippen LogP contribution in [0.4, 0.5) is 5.00 Å². The molecule has 0 saturated carbocycles. The third kappa shape index (κ3) is 5.08. The molecule has 0 spiro atoms. The Morgan fingerprint density at radius 2 is 1.96 bits per heavy atom. The van der Waals surface area contributed by atoms with Gasteiger partial charge in [0.15, 0.2) is 0 Å². The van der Waals surface area contributed by atoms with E-state index in [2.05, 4.69) is 67.8 Å². The Labute approximate surface area is 145 Å². The summed E-state index contributed by atoms with van der Waals surface area (Å²) in [7, 11) is 2.00. The van der Waals surface area contributed by atoms with Crippen LogP contribution in [0.25, 0.3) is 10.4 Å². The molecular formula is C20H30N2S. The van der Waals surface area contributed by atoms with Crippen LogP contribution in [0.15, 0.2) is 36.4 Å². The molecule has 2 aromatic rings. The zero-order chi connectivity index (χ0) is 16.7. The summed E-state index contributed by atoms with van der Waals surface area (Å²) in [5, 5.41) is 8.21. The van der Waals surface area contributed by atoms with Crippen LogP contribution in [0.1, 0.15) is 51.6 Å². The molecule has 1 aromatic heterocycles. The van der Waals surface area contributed by atoms with E-state index in [4.69, 9.17) is 0 Å². The van der Waals surface area contributed by atoms with Crippen molar-refractivity contribution in [1.29, 1.82) is 0 Å². The van der Waals surface area contributed by atoms with E-state index >= 15 is 0 Å². The average molecular weight is 331 g/mol. The topological polar surface area (TPSA) is 24.1 Å². The van der Waals surface area contributed by atoms with Crippen LogP contribution < -0.4 is 10.6 Å². The van der Waals surface area contributed by atoms with E-state index in [1.165, 1.54) is 40.3 Å². The molecule has 126 valence electrons. The number of hydrogen-bond acceptors (Lipinski definition) is 3. The summed E-state index contributed by atoms with van der Waals surface area (Å²) < 4.78 is 0. The Kier molecular flexibility index (Phi) is 7.13. The van der Waals surface area contributed by atoms with Gasteiger partial charge in [0.1, 0.15) is 0 Å². The first kappa shape index (κ1) is 18.0. The van der Waals surface area contributed by atoms with Crippen molar-refractivity contribution in [2.45, 2.75) is 46.1 Å². The molecule has 3 heteroatoms. The van der Waals surface area contributed by atoms with Crippen LogP contribution >= 0.6 is 11.3 Å². The Morgan fingerprint density at radius 1 is 1.13 bits per heavy atom. The van der Waals surface area contributed by atoms with E-state index in [0.29, 0.717) is 6.04 Å². The number of benzene rings is 1. The molecular weight excluding hydrogens is 300 g/mol. The minimum atomic E-state index is 0.381. The highest BCUT2D eigenvalue weighted by molar-refractivity contribution is 7.19. The fourth-order valence-electron chi connectivity index (χ4n) is 2.82. The smallest absolute Gasteiger partial charge is 0.0889 e. The molecule has 0 radical (unpaired) electrons. The third-order valence-electron chi connectivity index (χ3n) is 4.55. The van der Waals surface area contributed by atoms with E-state index < -0.39 is 0 Å². The Balaban J connectivity index is 2.04. The highest BCUT2D eigenvalue weighted by Crippen LogP contribution is 2.32. The van der Waals surface area contributed by atoms with Crippen molar-refractivity contribution in [3.63, 3.8) is 0 Å². The van der Waals surface area contributed by atoms with Crippen molar-refractivity contribution < 1.29 is 0 Å². The summed E-state index contributed by atoms with van der Waals surface area (Å²) in [4.78, 5) is 1.33. The molecule has 23 heavy (non-hydrogen) atoms. The summed E-state index contributed by atoms with van der Waals surface area (Å²) in [6.45, 7) is 7.83. The summed E-state index contributed by atoms with van der Waals surface area (Å²) in [5.74, 6) is 0.783. The van der Waals surface area contributed by atoms with Gasteiger partial charge in [-0.25, -0.2) is 0 Å². The van der Waals surface area contributed by atoms with Crippen molar-refractivity contribution in [2.24, 2.45) is 5.92 Å². The standard InChI is InChI=1S/C20H30N2S/c1-5-8-16(6-2)14-22-20-12-11-19(23-20)18-10-7-9-17(13-18)15(3)21-4/h7,9-13,15-16,21-22H,5-6,8,14H2,1-4H3. The van der Waals surface area contributed by atoms with Gasteiger partial charge in [-0.05, 0) is 55.6 Å². The van der Waals surface area contributed by atoms with E-state index in [0.717, 1.165) is 12.5 Å².